The average Bonchev–Trinajstić information content (AvgIpc) is 0.763. The van der Waals surface area contributed by atoms with E-state index >= 15 is 0 Å². The summed E-state index contributed by atoms with van der Waals surface area (Å²) >= 11 is 18.7. The van der Waals surface area contributed by atoms with Gasteiger partial charge in [0.25, 0.3) is 0 Å². The van der Waals surface area contributed by atoms with Gasteiger partial charge in [0.1, 0.15) is 60.8 Å². The molecule has 7 heterocycles. The molecule has 1 aliphatic rings. The summed E-state index contributed by atoms with van der Waals surface area (Å²) in [4.78, 5) is 140. The van der Waals surface area contributed by atoms with Gasteiger partial charge in [0.05, 0.1) is 49.3 Å². The van der Waals surface area contributed by atoms with Gasteiger partial charge in [-0.05, 0) is 180 Å². The van der Waals surface area contributed by atoms with Crippen molar-refractivity contribution < 1.29 is 69.4 Å². The fourth-order valence-corrected chi connectivity index (χ4v) is 17.0. The van der Waals surface area contributed by atoms with Crippen LogP contribution in [0.25, 0.3) is 65.8 Å². The second-order valence-electron chi connectivity index (χ2n) is 34.2. The number of ketones is 2. The first kappa shape index (κ1) is 109. The Hall–Kier alpha value is -15.2. The van der Waals surface area contributed by atoms with Gasteiger partial charge in [0.15, 0.2) is 17.1 Å². The van der Waals surface area contributed by atoms with Crippen molar-refractivity contribution in [2.24, 2.45) is 0 Å². The highest BCUT2D eigenvalue weighted by atomic mass is 35.5. The number of anilines is 9. The molecule has 0 unspecified atom stereocenters. The van der Waals surface area contributed by atoms with Crippen molar-refractivity contribution in [2.45, 2.75) is 132 Å². The topological polar surface area (TPSA) is 341 Å². The maximum absolute atomic E-state index is 12.8. The van der Waals surface area contributed by atoms with Crippen LogP contribution in [0.2, 0.25) is 15.1 Å². The second kappa shape index (κ2) is 53.8. The Morgan fingerprint density at radius 2 is 0.876 bits per heavy atom. The lowest BCUT2D eigenvalue weighted by molar-refractivity contribution is 0.0512. The molecular formula is C115H117Cl3N6O21. The third-order valence-corrected chi connectivity index (χ3v) is 24.9. The zero-order chi connectivity index (χ0) is 104. The number of halogens is 3. The van der Waals surface area contributed by atoms with Gasteiger partial charge in [-0.25, -0.2) is 43.2 Å². The number of nitrogens with zero attached hydrogens (tertiary/aromatic N) is 4. The zero-order valence-electron chi connectivity index (χ0n) is 82.7. The molecule has 30 heteroatoms. The van der Waals surface area contributed by atoms with E-state index in [1.165, 1.54) is 109 Å². The van der Waals surface area contributed by atoms with E-state index in [2.05, 4.69) is 50.0 Å². The summed E-state index contributed by atoms with van der Waals surface area (Å²) in [6, 6.07) is 76.0. The van der Waals surface area contributed by atoms with E-state index in [1.807, 2.05) is 196 Å². The molecule has 17 rings (SSSR count). The Labute approximate surface area is 853 Å². The predicted molar refractivity (Wildman–Crippen MR) is 577 cm³/mol. The highest BCUT2D eigenvalue weighted by Crippen LogP contribution is 2.44. The van der Waals surface area contributed by atoms with Gasteiger partial charge < -0.3 is 75.7 Å². The molecule has 145 heavy (non-hydrogen) atoms. The van der Waals surface area contributed by atoms with E-state index in [4.69, 9.17) is 75.5 Å². The molecule has 2 N–H and O–H groups in total. The SMILES string of the molecule is CC(=O)c1c(C)c2ccc(N3CCOCC3)cc2oc1=O.CCCCCCCCN(CCCCCCCC)c1ccc2cc(C(=O)OC)c(=O)oc2c1.CCCNc1c(Cl)c(Cl)c2cc(C(=O)OCC)c(=O)oc2c1Cl.CCOC(=O)c1cc2ccc(Nc3ccccc3)cc2oc1=O.CN(C)c1ccc2ccc(=O)oc2c1.O=C(c1ccccc1)c1cc2ccc(N(c3ccccc3)c3ccccc3)cc2oc1=O. The number of hydrogen-bond acceptors (Lipinski definition) is 27. The van der Waals surface area contributed by atoms with Crippen molar-refractivity contribution in [3.8, 4) is 0 Å². The zero-order valence-corrected chi connectivity index (χ0v) is 85.0. The van der Waals surface area contributed by atoms with Crippen LogP contribution in [-0.4, -0.2) is 110 Å². The van der Waals surface area contributed by atoms with Crippen molar-refractivity contribution >= 4 is 181 Å². The van der Waals surface area contributed by atoms with Crippen LogP contribution in [-0.2, 0) is 18.9 Å². The lowest BCUT2D eigenvalue weighted by Gasteiger charge is -2.28. The number of para-hydroxylation sites is 3. The monoisotopic (exact) mass is 2020 g/mol. The van der Waals surface area contributed by atoms with Gasteiger partial charge in [-0.1, -0.05) is 205 Å². The van der Waals surface area contributed by atoms with Gasteiger partial charge in [0, 0.05) is 167 Å². The third kappa shape index (κ3) is 29.1. The average molecular weight is 2030 g/mol. The summed E-state index contributed by atoms with van der Waals surface area (Å²) in [5.74, 6) is -2.74. The molecule has 0 aliphatic carbocycles. The summed E-state index contributed by atoms with van der Waals surface area (Å²) in [6.07, 6.45) is 16.1. The summed E-state index contributed by atoms with van der Waals surface area (Å²) < 4.78 is 51.6. The van der Waals surface area contributed by atoms with Crippen LogP contribution >= 0.6 is 34.8 Å². The first-order chi connectivity index (χ1) is 70.1. The summed E-state index contributed by atoms with van der Waals surface area (Å²) in [6.45, 7) is 19.0. The minimum absolute atomic E-state index is 0.0272. The van der Waals surface area contributed by atoms with E-state index in [0.717, 1.165) is 94.3 Å². The van der Waals surface area contributed by atoms with Gasteiger partial charge in [-0.15, -0.1) is 0 Å². The largest absolute Gasteiger partial charge is 0.465 e. The number of ether oxygens (including phenoxy) is 4. The Kier molecular flexibility index (Phi) is 40.3. The third-order valence-electron chi connectivity index (χ3n) is 23.7. The summed E-state index contributed by atoms with van der Waals surface area (Å²) in [5.41, 5.74) is 7.74. The predicted octanol–water partition coefficient (Wildman–Crippen LogP) is 26.1. The smallest absolute Gasteiger partial charge is 0.351 e. The van der Waals surface area contributed by atoms with E-state index in [1.54, 1.807) is 75.4 Å². The lowest BCUT2D eigenvalue weighted by atomic mass is 10.0. The van der Waals surface area contributed by atoms with Gasteiger partial charge in [-0.3, -0.25) is 9.59 Å². The molecule has 0 amide bonds. The summed E-state index contributed by atoms with van der Waals surface area (Å²) in [5, 5.41) is 10.8. The molecule has 0 atom stereocenters. The highest BCUT2D eigenvalue weighted by molar-refractivity contribution is 6.50. The number of esters is 3. The molecular weight excluding hydrogens is 1910 g/mol. The number of hydrogen-bond donors (Lipinski definition) is 2. The quantitative estimate of drug-likeness (QED) is 0.00963. The molecule has 0 radical (unpaired) electrons. The molecule has 0 spiro atoms. The van der Waals surface area contributed by atoms with E-state index in [0.29, 0.717) is 75.3 Å². The standard InChI is InChI=1S/C28H19NO3.C27H41NO4.C18H15NO4.C16H17NO4.C15H14Cl3NO4.C11H11NO2/c30-27(20-10-4-1-5-11-20)25-18-21-16-17-24(19-26(21)32-28(25)31)29(22-12-6-2-7-13-22)23-14-8-3-9-15-23;1-4-6-8-10-12-14-18-28(19-15-13-11-9-7-5-2)23-17-16-22-20-24(26(29)31-3)27(30)32-25(22)21-23;1-2-22-17(20)15-10-12-8-9-14(11-16(12)23-18(15)21)19-13-6-4-3-5-7-13;1-10-13-4-3-12(17-5-7-20-8-6-17)9-14(13)21-16(19)15(10)11(2)18;1-3-5-19-12-10(17)9(16)7-6-8(14(20)22-4-2)15(21)23-13(7)11(12)18;1-12(2)9-5-3-8-4-6-11(13)14-10(8)7-9/h1-19H;16-17,20-21H,4-15,18-19H2,1-3H3;3-11,19H,2H2,1H3;3-4,9H,5-8H2,1-2H3;6,19H,3-5H2,1-2H3;3-7H,1-2H3. The minimum Gasteiger partial charge on any atom is -0.465 e. The van der Waals surface area contributed by atoms with Gasteiger partial charge in [-0.2, -0.15) is 0 Å². The van der Waals surface area contributed by atoms with Crippen LogP contribution in [0.5, 0.6) is 0 Å². The Balaban J connectivity index is 0.000000157. The van der Waals surface area contributed by atoms with Crippen molar-refractivity contribution in [1.82, 2.24) is 0 Å². The van der Waals surface area contributed by atoms with Crippen LogP contribution in [0.15, 0.2) is 304 Å². The molecule has 1 fully saturated rings. The molecule has 16 aromatic rings. The number of fused-ring (bicyclic) bond motifs is 6. The Morgan fingerprint density at radius 1 is 0.407 bits per heavy atom. The number of rotatable bonds is 33. The van der Waals surface area contributed by atoms with Crippen molar-refractivity contribution in [3.05, 3.63) is 365 Å². The van der Waals surface area contributed by atoms with Crippen LogP contribution in [0.4, 0.5) is 51.2 Å². The second-order valence-corrected chi connectivity index (χ2v) is 35.4. The molecule has 10 aromatic carbocycles. The fourth-order valence-electron chi connectivity index (χ4n) is 16.1. The summed E-state index contributed by atoms with van der Waals surface area (Å²) in [7, 11) is 5.15. The maximum atomic E-state index is 12.8. The van der Waals surface area contributed by atoms with Crippen LogP contribution in [0.3, 0.4) is 0 Å². The molecule has 1 aliphatic heterocycles. The van der Waals surface area contributed by atoms with Crippen molar-refractivity contribution in [3.63, 3.8) is 0 Å². The molecule has 0 bridgehead atoms. The maximum Gasteiger partial charge on any atom is 0.351 e. The van der Waals surface area contributed by atoms with Crippen LogP contribution in [0.1, 0.15) is 188 Å². The first-order valence-corrected chi connectivity index (χ1v) is 49.5. The van der Waals surface area contributed by atoms with Crippen LogP contribution < -0.4 is 64.0 Å². The number of carbonyl (C=O) groups excluding carboxylic acids is 5. The first-order valence-electron chi connectivity index (χ1n) is 48.4. The van der Waals surface area contributed by atoms with E-state index < -0.39 is 46.0 Å². The molecule has 6 aromatic heterocycles. The van der Waals surface area contributed by atoms with Crippen LogP contribution in [0, 0.1) is 6.92 Å². The number of methoxy groups -OCH3 is 1. The molecule has 0 saturated carbocycles. The number of Topliss-reactive ketones (excluding diaryl/α,β-unsaturated/α-hetero) is 1. The number of benzene rings is 10. The van der Waals surface area contributed by atoms with Gasteiger partial charge in [0.2, 0.25) is 0 Å². The number of nitrogens with one attached hydrogen (secondary N) is 2. The highest BCUT2D eigenvalue weighted by Gasteiger charge is 2.26. The minimum atomic E-state index is -0.849. The lowest BCUT2D eigenvalue weighted by Crippen LogP contribution is -2.36. The van der Waals surface area contributed by atoms with Crippen molar-refractivity contribution in [2.75, 3.05) is 111 Å². The van der Waals surface area contributed by atoms with E-state index in [9.17, 15) is 52.7 Å². The number of morpholine rings is 1. The normalized spacial score (nSPS) is 11.4. The van der Waals surface area contributed by atoms with Gasteiger partial charge >= 0.3 is 51.7 Å². The van der Waals surface area contributed by atoms with E-state index in [-0.39, 0.29) is 84.3 Å². The fraction of sp³-hybridized carbons (Fsp3) is 0.278. The molecule has 754 valence electrons. The number of aryl methyl sites for hydroxylation is 1. The molecule has 27 nitrogen and oxygen atoms in total. The molecule has 1 saturated heterocycles. The Bertz CT molecular complexity index is 7520. The van der Waals surface area contributed by atoms with Crippen molar-refractivity contribution in [1.29, 1.82) is 0 Å². The Morgan fingerprint density at radius 3 is 1.43 bits per heavy atom. The number of unbranched alkanes of at least 4 members (excludes halogenated alkanes) is 10. The number of carbonyl (C=O) groups is 5.